The van der Waals surface area contributed by atoms with E-state index in [0.717, 1.165) is 22.1 Å². The van der Waals surface area contributed by atoms with Gasteiger partial charge in [-0.15, -0.1) is 0 Å². The minimum Gasteiger partial charge on any atom is -0.462 e. The number of carbonyl (C=O) groups is 1. The fourth-order valence-corrected chi connectivity index (χ4v) is 2.55. The van der Waals surface area contributed by atoms with E-state index in [4.69, 9.17) is 4.74 Å². The highest BCUT2D eigenvalue weighted by Gasteiger charge is 2.19. The van der Waals surface area contributed by atoms with Gasteiger partial charge in [0.25, 0.3) is 0 Å². The molecule has 0 radical (unpaired) electrons. The van der Waals surface area contributed by atoms with Crippen molar-refractivity contribution in [3.05, 3.63) is 35.9 Å². The molecule has 0 N–H and O–H groups in total. The number of carbonyl (C=O) groups excluding carboxylic acids is 1. The summed E-state index contributed by atoms with van der Waals surface area (Å²) < 4.78 is 5.19. The van der Waals surface area contributed by atoms with Crippen LogP contribution in [0.2, 0.25) is 0 Å². The van der Waals surface area contributed by atoms with Crippen LogP contribution in [-0.2, 0) is 4.74 Å². The van der Waals surface area contributed by atoms with E-state index in [-0.39, 0.29) is 5.97 Å². The fraction of sp³-hybridized carbons (Fsp3) is 0.353. The van der Waals surface area contributed by atoms with Crippen LogP contribution in [0.3, 0.4) is 0 Å². The van der Waals surface area contributed by atoms with Gasteiger partial charge in [0.2, 0.25) is 0 Å². The minimum absolute atomic E-state index is 0.281. The van der Waals surface area contributed by atoms with Gasteiger partial charge >= 0.3 is 5.97 Å². The van der Waals surface area contributed by atoms with Gasteiger partial charge in [-0.1, -0.05) is 18.2 Å². The van der Waals surface area contributed by atoms with Gasteiger partial charge in [-0.25, -0.2) is 4.79 Å². The third-order valence-electron chi connectivity index (χ3n) is 3.42. The van der Waals surface area contributed by atoms with E-state index in [1.807, 2.05) is 58.2 Å². The molecule has 0 saturated carbocycles. The van der Waals surface area contributed by atoms with Crippen LogP contribution in [0.15, 0.2) is 30.3 Å². The first kappa shape index (κ1) is 15.2. The first-order valence-corrected chi connectivity index (χ1v) is 7.04. The molecule has 4 nitrogen and oxygen atoms in total. The van der Waals surface area contributed by atoms with Gasteiger partial charge in [0.15, 0.2) is 0 Å². The molecule has 0 heterocycles. The van der Waals surface area contributed by atoms with Crippen molar-refractivity contribution in [3.63, 3.8) is 0 Å². The maximum atomic E-state index is 12.2. The quantitative estimate of drug-likeness (QED) is 0.808. The van der Waals surface area contributed by atoms with Crippen LogP contribution >= 0.6 is 0 Å². The zero-order valence-electron chi connectivity index (χ0n) is 13.3. The predicted octanol–water partition coefficient (Wildman–Crippen LogP) is 3.15. The minimum atomic E-state index is -0.281. The standard InChI is InChI=1S/C17H22N2O2/c1-6-21-17(20)13-11-10-12-8-7-9-14(18(2)3)15(12)16(13)19(4)5/h7-11H,6H2,1-5H3. The van der Waals surface area contributed by atoms with Crippen molar-refractivity contribution in [2.24, 2.45) is 0 Å². The Morgan fingerprint density at radius 1 is 1.05 bits per heavy atom. The van der Waals surface area contributed by atoms with Crippen LogP contribution in [-0.4, -0.2) is 40.8 Å². The zero-order chi connectivity index (χ0) is 15.6. The SMILES string of the molecule is CCOC(=O)c1ccc2cccc(N(C)C)c2c1N(C)C. The van der Waals surface area contributed by atoms with Gasteiger partial charge in [-0.05, 0) is 24.4 Å². The average molecular weight is 286 g/mol. The summed E-state index contributed by atoms with van der Waals surface area (Å²) in [5, 5.41) is 2.18. The second-order valence-electron chi connectivity index (χ2n) is 5.35. The smallest absolute Gasteiger partial charge is 0.340 e. The van der Waals surface area contributed by atoms with E-state index in [2.05, 4.69) is 17.0 Å². The van der Waals surface area contributed by atoms with Gasteiger partial charge in [0.05, 0.1) is 17.9 Å². The van der Waals surface area contributed by atoms with E-state index in [9.17, 15) is 4.79 Å². The molecule has 0 aliphatic heterocycles. The monoisotopic (exact) mass is 286 g/mol. The second-order valence-corrected chi connectivity index (χ2v) is 5.35. The molecule has 0 unspecified atom stereocenters. The number of hydrogen-bond donors (Lipinski definition) is 0. The molecule has 0 atom stereocenters. The summed E-state index contributed by atoms with van der Waals surface area (Å²) in [6.45, 7) is 2.19. The third kappa shape index (κ3) is 2.79. The van der Waals surface area contributed by atoms with Crippen molar-refractivity contribution >= 4 is 28.1 Å². The van der Waals surface area contributed by atoms with Gasteiger partial charge in [0, 0.05) is 39.3 Å². The van der Waals surface area contributed by atoms with Crippen LogP contribution in [0.25, 0.3) is 10.8 Å². The Morgan fingerprint density at radius 2 is 1.76 bits per heavy atom. The second kappa shape index (κ2) is 6.04. The first-order chi connectivity index (χ1) is 9.97. The molecule has 2 aromatic rings. The summed E-state index contributed by atoms with van der Waals surface area (Å²) in [6, 6.07) is 9.96. The van der Waals surface area contributed by atoms with E-state index in [0.29, 0.717) is 12.2 Å². The zero-order valence-corrected chi connectivity index (χ0v) is 13.3. The summed E-state index contributed by atoms with van der Waals surface area (Å²) in [6.07, 6.45) is 0. The van der Waals surface area contributed by atoms with Gasteiger partial charge in [0.1, 0.15) is 0 Å². The Hall–Kier alpha value is -2.23. The molecule has 0 fully saturated rings. The van der Waals surface area contributed by atoms with Crippen LogP contribution in [0.4, 0.5) is 11.4 Å². The predicted molar refractivity (Wildman–Crippen MR) is 88.6 cm³/mol. The number of anilines is 2. The fourth-order valence-electron chi connectivity index (χ4n) is 2.55. The lowest BCUT2D eigenvalue weighted by Gasteiger charge is -2.23. The summed E-state index contributed by atoms with van der Waals surface area (Å²) in [5.41, 5.74) is 2.58. The Labute approximate surface area is 125 Å². The molecule has 2 rings (SSSR count). The van der Waals surface area contributed by atoms with E-state index in [1.54, 1.807) is 0 Å². The Kier molecular flexibility index (Phi) is 4.36. The highest BCUT2D eigenvalue weighted by atomic mass is 16.5. The van der Waals surface area contributed by atoms with E-state index >= 15 is 0 Å². The van der Waals surface area contributed by atoms with Crippen LogP contribution in [0, 0.1) is 0 Å². The first-order valence-electron chi connectivity index (χ1n) is 7.04. The number of fused-ring (bicyclic) bond motifs is 1. The maximum Gasteiger partial charge on any atom is 0.340 e. The highest BCUT2D eigenvalue weighted by molar-refractivity contribution is 6.11. The number of esters is 1. The topological polar surface area (TPSA) is 32.8 Å². The molecule has 0 bridgehead atoms. The summed E-state index contributed by atoms with van der Waals surface area (Å²) >= 11 is 0. The molecule has 0 aromatic heterocycles. The van der Waals surface area contributed by atoms with Gasteiger partial charge < -0.3 is 14.5 Å². The largest absolute Gasteiger partial charge is 0.462 e. The molecule has 2 aromatic carbocycles. The van der Waals surface area contributed by atoms with Gasteiger partial charge in [-0.2, -0.15) is 0 Å². The molecule has 4 heteroatoms. The summed E-state index contributed by atoms with van der Waals surface area (Å²) in [5.74, 6) is -0.281. The normalized spacial score (nSPS) is 10.5. The van der Waals surface area contributed by atoms with Crippen molar-refractivity contribution in [2.45, 2.75) is 6.92 Å². The number of ether oxygens (including phenoxy) is 1. The molecule has 0 aliphatic rings. The van der Waals surface area contributed by atoms with Crippen molar-refractivity contribution in [3.8, 4) is 0 Å². The summed E-state index contributed by atoms with van der Waals surface area (Å²) in [7, 11) is 7.91. The Balaban J connectivity index is 2.81. The molecule has 0 spiro atoms. The average Bonchev–Trinajstić information content (AvgIpc) is 2.45. The number of benzene rings is 2. The number of nitrogens with zero attached hydrogens (tertiary/aromatic N) is 2. The molecular weight excluding hydrogens is 264 g/mol. The lowest BCUT2D eigenvalue weighted by Crippen LogP contribution is -2.17. The van der Waals surface area contributed by atoms with E-state index in [1.165, 1.54) is 0 Å². The molecule has 21 heavy (non-hydrogen) atoms. The molecule has 112 valence electrons. The maximum absolute atomic E-state index is 12.2. The van der Waals surface area contributed by atoms with Crippen molar-refractivity contribution in [2.75, 3.05) is 44.6 Å². The molecule has 0 saturated heterocycles. The molecule has 0 amide bonds. The lowest BCUT2D eigenvalue weighted by atomic mass is 10.0. The number of hydrogen-bond acceptors (Lipinski definition) is 4. The third-order valence-corrected chi connectivity index (χ3v) is 3.42. The van der Waals surface area contributed by atoms with Crippen molar-refractivity contribution in [1.82, 2.24) is 0 Å². The highest BCUT2D eigenvalue weighted by Crippen LogP contribution is 2.36. The molecule has 0 aliphatic carbocycles. The van der Waals surface area contributed by atoms with Crippen molar-refractivity contribution < 1.29 is 9.53 Å². The van der Waals surface area contributed by atoms with Crippen molar-refractivity contribution in [1.29, 1.82) is 0 Å². The van der Waals surface area contributed by atoms with Crippen LogP contribution in [0.5, 0.6) is 0 Å². The summed E-state index contributed by atoms with van der Waals surface area (Å²) in [4.78, 5) is 16.3. The van der Waals surface area contributed by atoms with Crippen LogP contribution < -0.4 is 9.80 Å². The Morgan fingerprint density at radius 3 is 2.33 bits per heavy atom. The molecular formula is C17H22N2O2. The number of rotatable bonds is 4. The van der Waals surface area contributed by atoms with Gasteiger partial charge in [-0.3, -0.25) is 0 Å². The Bertz CT molecular complexity index is 663. The lowest BCUT2D eigenvalue weighted by molar-refractivity contribution is 0.0527. The van der Waals surface area contributed by atoms with E-state index < -0.39 is 0 Å². The van der Waals surface area contributed by atoms with Crippen LogP contribution in [0.1, 0.15) is 17.3 Å².